The molecule has 0 atom stereocenters. The number of nitriles is 1. The van der Waals surface area contributed by atoms with Crippen LogP contribution in [0.15, 0.2) is 78.5 Å². The van der Waals surface area contributed by atoms with Gasteiger partial charge >= 0.3 is 5.97 Å². The van der Waals surface area contributed by atoms with Crippen molar-refractivity contribution < 1.29 is 14.3 Å². The van der Waals surface area contributed by atoms with Crippen LogP contribution in [-0.2, 0) is 9.53 Å². The highest BCUT2D eigenvalue weighted by molar-refractivity contribution is 6.10. The van der Waals surface area contributed by atoms with Crippen LogP contribution in [0, 0.1) is 18.3 Å². The van der Waals surface area contributed by atoms with E-state index in [4.69, 9.17) is 9.72 Å². The van der Waals surface area contributed by atoms with Crippen molar-refractivity contribution in [2.45, 2.75) is 13.8 Å². The number of hydrogen-bond donors (Lipinski definition) is 1. The summed E-state index contributed by atoms with van der Waals surface area (Å²) in [7, 11) is 0. The van der Waals surface area contributed by atoms with Gasteiger partial charge in [-0.15, -0.1) is 0 Å². The maximum atomic E-state index is 12.9. The summed E-state index contributed by atoms with van der Waals surface area (Å²) in [4.78, 5) is 29.5. The van der Waals surface area contributed by atoms with Crippen LogP contribution in [0.4, 0.5) is 5.69 Å². The van der Waals surface area contributed by atoms with Gasteiger partial charge in [-0.1, -0.05) is 36.4 Å². The number of fused-ring (bicyclic) bond motifs is 1. The highest BCUT2D eigenvalue weighted by Gasteiger charge is 2.17. The highest BCUT2D eigenvalue weighted by Crippen LogP contribution is 2.27. The number of imidazole rings is 1. The standard InChI is InChI=1S/C27H22N4O3/c1-3-34-27(33)20-11-13-22(14-12-20)29-26(32)21(17-28)16-23-24(19-9-5-4-6-10-19)30-25-18(2)8-7-15-31(23)25/h4-16H,3H2,1-2H3,(H,29,32)/b21-16+. The zero-order chi connectivity index (χ0) is 24.1. The van der Waals surface area contributed by atoms with Gasteiger partial charge in [0.15, 0.2) is 0 Å². The molecule has 4 aromatic rings. The Hall–Kier alpha value is -4.70. The summed E-state index contributed by atoms with van der Waals surface area (Å²) < 4.78 is 6.84. The van der Waals surface area contributed by atoms with E-state index in [1.807, 2.05) is 66.1 Å². The van der Waals surface area contributed by atoms with Crippen LogP contribution in [-0.4, -0.2) is 27.9 Å². The van der Waals surface area contributed by atoms with Gasteiger partial charge < -0.3 is 10.1 Å². The van der Waals surface area contributed by atoms with Gasteiger partial charge in [-0.3, -0.25) is 9.20 Å². The van der Waals surface area contributed by atoms with E-state index < -0.39 is 11.9 Å². The molecule has 4 rings (SSSR count). The average molecular weight is 450 g/mol. The molecule has 168 valence electrons. The molecule has 1 N–H and O–H groups in total. The molecule has 1 amide bonds. The van der Waals surface area contributed by atoms with Crippen molar-refractivity contribution in [3.8, 4) is 17.3 Å². The molecule has 2 heterocycles. The first kappa shape index (κ1) is 22.5. The van der Waals surface area contributed by atoms with E-state index >= 15 is 0 Å². The molecule has 0 saturated heterocycles. The third kappa shape index (κ3) is 4.57. The van der Waals surface area contributed by atoms with E-state index in [2.05, 4.69) is 5.32 Å². The lowest BCUT2D eigenvalue weighted by Gasteiger charge is -2.07. The van der Waals surface area contributed by atoms with E-state index in [9.17, 15) is 14.9 Å². The number of carbonyl (C=O) groups is 2. The van der Waals surface area contributed by atoms with Gasteiger partial charge in [0.05, 0.1) is 23.6 Å². The molecule has 7 nitrogen and oxygen atoms in total. The molecule has 34 heavy (non-hydrogen) atoms. The number of hydrogen-bond acceptors (Lipinski definition) is 5. The summed E-state index contributed by atoms with van der Waals surface area (Å²) in [6.45, 7) is 3.97. The van der Waals surface area contributed by atoms with Gasteiger partial charge in [0.25, 0.3) is 5.91 Å². The molecular formula is C27H22N4O3. The molecular weight excluding hydrogens is 428 g/mol. The molecule has 0 saturated carbocycles. The number of anilines is 1. The minimum absolute atomic E-state index is 0.0741. The molecule has 0 bridgehead atoms. The molecule has 0 aliphatic carbocycles. The molecule has 0 spiro atoms. The maximum Gasteiger partial charge on any atom is 0.338 e. The fourth-order valence-corrected chi connectivity index (χ4v) is 3.56. The van der Waals surface area contributed by atoms with Crippen molar-refractivity contribution in [2.24, 2.45) is 0 Å². The summed E-state index contributed by atoms with van der Waals surface area (Å²) in [5.41, 5.74) is 4.67. The third-order valence-electron chi connectivity index (χ3n) is 5.23. The zero-order valence-electron chi connectivity index (χ0n) is 18.8. The summed E-state index contributed by atoms with van der Waals surface area (Å²) >= 11 is 0. The van der Waals surface area contributed by atoms with E-state index in [0.29, 0.717) is 22.6 Å². The Morgan fingerprint density at radius 2 is 1.82 bits per heavy atom. The van der Waals surface area contributed by atoms with Gasteiger partial charge in [-0.25, -0.2) is 9.78 Å². The van der Waals surface area contributed by atoms with E-state index in [-0.39, 0.29) is 12.2 Å². The first-order chi connectivity index (χ1) is 16.5. The third-order valence-corrected chi connectivity index (χ3v) is 5.23. The minimum atomic E-state index is -0.562. The van der Waals surface area contributed by atoms with Crippen molar-refractivity contribution >= 4 is 29.3 Å². The number of rotatable bonds is 6. The second kappa shape index (κ2) is 9.84. The average Bonchev–Trinajstić information content (AvgIpc) is 3.23. The summed E-state index contributed by atoms with van der Waals surface area (Å²) in [6, 6.07) is 21.8. The Balaban J connectivity index is 1.69. The van der Waals surface area contributed by atoms with Crippen molar-refractivity contribution in [1.82, 2.24) is 9.38 Å². The lowest BCUT2D eigenvalue weighted by Crippen LogP contribution is -2.14. The summed E-state index contributed by atoms with van der Waals surface area (Å²) in [5.74, 6) is -0.998. The van der Waals surface area contributed by atoms with Crippen LogP contribution >= 0.6 is 0 Å². The number of amides is 1. The molecule has 0 unspecified atom stereocenters. The molecule has 2 aromatic carbocycles. The lowest BCUT2D eigenvalue weighted by atomic mass is 10.1. The fourth-order valence-electron chi connectivity index (χ4n) is 3.56. The number of aryl methyl sites for hydroxylation is 1. The number of nitrogens with one attached hydrogen (secondary N) is 1. The quantitative estimate of drug-likeness (QED) is 0.252. The molecule has 0 radical (unpaired) electrons. The van der Waals surface area contributed by atoms with Gasteiger partial charge in [-0.2, -0.15) is 5.26 Å². The van der Waals surface area contributed by atoms with Crippen molar-refractivity contribution in [3.05, 3.63) is 95.3 Å². The Morgan fingerprint density at radius 1 is 1.09 bits per heavy atom. The molecule has 7 heteroatoms. The number of ether oxygens (including phenoxy) is 1. The Morgan fingerprint density at radius 3 is 2.50 bits per heavy atom. The fraction of sp³-hybridized carbons (Fsp3) is 0.111. The van der Waals surface area contributed by atoms with Crippen LogP contribution in [0.1, 0.15) is 28.5 Å². The summed E-state index contributed by atoms with van der Waals surface area (Å²) in [6.07, 6.45) is 3.40. The first-order valence-corrected chi connectivity index (χ1v) is 10.7. The predicted octanol–water partition coefficient (Wildman–Crippen LogP) is 5.03. The minimum Gasteiger partial charge on any atom is -0.462 e. The zero-order valence-corrected chi connectivity index (χ0v) is 18.8. The second-order valence-electron chi connectivity index (χ2n) is 7.52. The smallest absolute Gasteiger partial charge is 0.338 e. The molecule has 0 aliphatic rings. The number of pyridine rings is 1. The highest BCUT2D eigenvalue weighted by atomic mass is 16.5. The van der Waals surface area contributed by atoms with Crippen LogP contribution in [0.3, 0.4) is 0 Å². The number of nitrogens with zero attached hydrogens (tertiary/aromatic N) is 3. The largest absolute Gasteiger partial charge is 0.462 e. The Bertz CT molecular complexity index is 1430. The number of esters is 1. The number of aromatic nitrogens is 2. The van der Waals surface area contributed by atoms with Crippen LogP contribution in [0.2, 0.25) is 0 Å². The Labute approximate surface area is 196 Å². The van der Waals surface area contributed by atoms with Crippen LogP contribution < -0.4 is 5.32 Å². The van der Waals surface area contributed by atoms with Gasteiger partial charge in [-0.05, 0) is 55.8 Å². The van der Waals surface area contributed by atoms with E-state index in [1.54, 1.807) is 37.3 Å². The van der Waals surface area contributed by atoms with Gasteiger partial charge in [0.1, 0.15) is 17.3 Å². The number of benzene rings is 2. The first-order valence-electron chi connectivity index (χ1n) is 10.7. The van der Waals surface area contributed by atoms with Gasteiger partial charge in [0.2, 0.25) is 0 Å². The molecule has 0 fully saturated rings. The molecule has 0 aliphatic heterocycles. The monoisotopic (exact) mass is 450 g/mol. The van der Waals surface area contributed by atoms with Crippen LogP contribution in [0.5, 0.6) is 0 Å². The normalized spacial score (nSPS) is 11.1. The lowest BCUT2D eigenvalue weighted by molar-refractivity contribution is -0.112. The molecule has 2 aromatic heterocycles. The number of carbonyl (C=O) groups excluding carboxylic acids is 2. The van der Waals surface area contributed by atoms with E-state index in [0.717, 1.165) is 16.8 Å². The Kier molecular flexibility index (Phi) is 6.51. The van der Waals surface area contributed by atoms with Gasteiger partial charge in [0, 0.05) is 17.4 Å². The van der Waals surface area contributed by atoms with Crippen molar-refractivity contribution in [1.29, 1.82) is 5.26 Å². The van der Waals surface area contributed by atoms with Crippen LogP contribution in [0.25, 0.3) is 23.0 Å². The topological polar surface area (TPSA) is 96.5 Å². The SMILES string of the molecule is CCOC(=O)c1ccc(NC(=O)/C(C#N)=C/c2c(-c3ccccc3)nc3c(C)cccn23)cc1. The van der Waals surface area contributed by atoms with Crippen molar-refractivity contribution in [2.75, 3.05) is 11.9 Å². The second-order valence-corrected chi connectivity index (χ2v) is 7.52. The maximum absolute atomic E-state index is 12.9. The van der Waals surface area contributed by atoms with E-state index in [1.165, 1.54) is 0 Å². The summed E-state index contributed by atoms with van der Waals surface area (Å²) in [5, 5.41) is 12.5. The van der Waals surface area contributed by atoms with Crippen molar-refractivity contribution in [3.63, 3.8) is 0 Å². The predicted molar refractivity (Wildman–Crippen MR) is 130 cm³/mol.